The number of carboxylic acid groups (broad SMARTS) is 1. The molecule has 1 aromatic carbocycles. The Kier molecular flexibility index (Phi) is 4.73. The molecule has 0 aliphatic heterocycles. The monoisotopic (exact) mass is 242 g/mol. The predicted molar refractivity (Wildman–Crippen MR) is 63.5 cm³/mol. The number of benzene rings is 1. The molecule has 0 amide bonds. The molecule has 0 fully saturated rings. The van der Waals surface area contributed by atoms with E-state index in [0.717, 1.165) is 5.56 Å². The van der Waals surface area contributed by atoms with E-state index in [9.17, 15) is 4.79 Å². The van der Waals surface area contributed by atoms with E-state index in [2.05, 4.69) is 5.32 Å². The summed E-state index contributed by atoms with van der Waals surface area (Å²) in [4.78, 5) is 10.5. The molecule has 2 atom stereocenters. The topological polar surface area (TPSA) is 75.3 Å². The molecular weight excluding hydrogens is 228 g/mol. The van der Waals surface area contributed by atoms with Crippen molar-refractivity contribution >= 4 is 17.6 Å². The average Bonchev–Trinajstić information content (AvgIpc) is 2.25. The van der Waals surface area contributed by atoms with Crippen molar-refractivity contribution in [3.05, 3.63) is 34.9 Å². The highest BCUT2D eigenvalue weighted by Gasteiger charge is 2.13. The van der Waals surface area contributed by atoms with Crippen LogP contribution >= 0.6 is 11.6 Å². The van der Waals surface area contributed by atoms with Crippen molar-refractivity contribution in [3.8, 4) is 0 Å². The smallest absolute Gasteiger partial charge is 0.321 e. The zero-order valence-corrected chi connectivity index (χ0v) is 9.74. The van der Waals surface area contributed by atoms with Crippen LogP contribution in [0.1, 0.15) is 18.5 Å². The minimum atomic E-state index is -1.01. The molecule has 0 heterocycles. The van der Waals surface area contributed by atoms with Crippen LogP contribution in [0.15, 0.2) is 24.3 Å². The first-order valence-electron chi connectivity index (χ1n) is 4.98. The van der Waals surface area contributed by atoms with E-state index in [1.165, 1.54) is 0 Å². The third-order valence-electron chi connectivity index (χ3n) is 2.31. The van der Waals surface area contributed by atoms with Gasteiger partial charge in [-0.25, -0.2) is 0 Å². The molecule has 0 aliphatic rings. The Bertz CT molecular complexity index is 371. The van der Waals surface area contributed by atoms with Crippen LogP contribution in [0, 0.1) is 0 Å². The van der Waals surface area contributed by atoms with Gasteiger partial charge in [-0.3, -0.25) is 4.79 Å². The summed E-state index contributed by atoms with van der Waals surface area (Å²) < 4.78 is 0. The molecule has 0 radical (unpaired) electrons. The summed E-state index contributed by atoms with van der Waals surface area (Å²) in [5.41, 5.74) is 6.39. The Morgan fingerprint density at radius 2 is 2.31 bits per heavy atom. The van der Waals surface area contributed by atoms with Crippen LogP contribution in [-0.4, -0.2) is 23.7 Å². The van der Waals surface area contributed by atoms with Crippen molar-refractivity contribution in [2.45, 2.75) is 19.0 Å². The minimum absolute atomic E-state index is 0.0177. The van der Waals surface area contributed by atoms with Crippen molar-refractivity contribution in [1.82, 2.24) is 5.32 Å². The van der Waals surface area contributed by atoms with Crippen molar-refractivity contribution < 1.29 is 9.90 Å². The Labute approximate surface area is 99.4 Å². The lowest BCUT2D eigenvalue weighted by atomic mass is 10.1. The maximum atomic E-state index is 10.5. The van der Waals surface area contributed by atoms with Gasteiger partial charge in [0.05, 0.1) is 0 Å². The average molecular weight is 243 g/mol. The van der Waals surface area contributed by atoms with Gasteiger partial charge in [-0.15, -0.1) is 0 Å². The molecule has 16 heavy (non-hydrogen) atoms. The first-order chi connectivity index (χ1) is 7.50. The molecule has 1 rings (SSSR count). The zero-order valence-electron chi connectivity index (χ0n) is 8.98. The third kappa shape index (κ3) is 3.81. The maximum absolute atomic E-state index is 10.5. The number of carboxylic acids is 1. The van der Waals surface area contributed by atoms with Crippen LogP contribution in [0.5, 0.6) is 0 Å². The number of aliphatic carboxylic acids is 1. The number of nitrogens with two attached hydrogens (primary N) is 1. The van der Waals surface area contributed by atoms with Gasteiger partial charge in [-0.1, -0.05) is 23.7 Å². The highest BCUT2D eigenvalue weighted by atomic mass is 35.5. The van der Waals surface area contributed by atoms with E-state index >= 15 is 0 Å². The highest BCUT2D eigenvalue weighted by molar-refractivity contribution is 6.30. The lowest BCUT2D eigenvalue weighted by Crippen LogP contribution is -2.41. The molecule has 4 nitrogen and oxygen atoms in total. The number of hydrogen-bond acceptors (Lipinski definition) is 3. The highest BCUT2D eigenvalue weighted by Crippen LogP contribution is 2.16. The number of rotatable bonds is 5. The van der Waals surface area contributed by atoms with E-state index < -0.39 is 12.0 Å². The Hall–Kier alpha value is -1.10. The summed E-state index contributed by atoms with van der Waals surface area (Å²) in [5.74, 6) is -1.01. The Balaban J connectivity index is 2.52. The Morgan fingerprint density at radius 3 is 2.88 bits per heavy atom. The summed E-state index contributed by atoms with van der Waals surface area (Å²) in [6.07, 6.45) is 0. The molecular formula is C11H15ClN2O2. The third-order valence-corrected chi connectivity index (χ3v) is 2.54. The molecule has 0 saturated carbocycles. The van der Waals surface area contributed by atoms with Gasteiger partial charge in [0.25, 0.3) is 0 Å². The van der Waals surface area contributed by atoms with Crippen LogP contribution in [0.2, 0.25) is 5.02 Å². The van der Waals surface area contributed by atoms with Gasteiger partial charge >= 0.3 is 5.97 Å². The van der Waals surface area contributed by atoms with Gasteiger partial charge in [-0.05, 0) is 24.6 Å². The lowest BCUT2D eigenvalue weighted by Gasteiger charge is -2.16. The van der Waals surface area contributed by atoms with E-state index in [1.807, 2.05) is 25.1 Å². The van der Waals surface area contributed by atoms with Crippen molar-refractivity contribution in [2.24, 2.45) is 5.73 Å². The van der Waals surface area contributed by atoms with Crippen molar-refractivity contribution in [2.75, 3.05) is 6.54 Å². The number of hydrogen-bond donors (Lipinski definition) is 3. The standard InChI is InChI=1S/C11H15ClN2O2/c1-7(14-6-10(13)11(15)16)8-3-2-4-9(12)5-8/h2-5,7,10,14H,6,13H2,1H3,(H,15,16)/t7-,10?/m1/s1. The van der Waals surface area contributed by atoms with Gasteiger partial charge in [0.2, 0.25) is 0 Å². The van der Waals surface area contributed by atoms with Crippen LogP contribution in [0.25, 0.3) is 0 Å². The van der Waals surface area contributed by atoms with Gasteiger partial charge in [0.1, 0.15) is 6.04 Å². The maximum Gasteiger partial charge on any atom is 0.321 e. The molecule has 88 valence electrons. The van der Waals surface area contributed by atoms with Crippen LogP contribution in [-0.2, 0) is 4.79 Å². The first kappa shape index (κ1) is 13.0. The van der Waals surface area contributed by atoms with Crippen molar-refractivity contribution in [1.29, 1.82) is 0 Å². The normalized spacial score (nSPS) is 14.4. The molecule has 1 unspecified atom stereocenters. The summed E-state index contributed by atoms with van der Waals surface area (Å²) in [6.45, 7) is 2.16. The fourth-order valence-corrected chi connectivity index (χ4v) is 1.48. The van der Waals surface area contributed by atoms with Gasteiger partial charge < -0.3 is 16.2 Å². The van der Waals surface area contributed by atoms with E-state index in [0.29, 0.717) is 5.02 Å². The van der Waals surface area contributed by atoms with Crippen LogP contribution < -0.4 is 11.1 Å². The molecule has 0 aromatic heterocycles. The lowest BCUT2D eigenvalue weighted by molar-refractivity contribution is -0.138. The quantitative estimate of drug-likeness (QED) is 0.730. The summed E-state index contributed by atoms with van der Waals surface area (Å²) in [7, 11) is 0. The SMILES string of the molecule is C[C@@H](NCC(N)C(=O)O)c1cccc(Cl)c1. The minimum Gasteiger partial charge on any atom is -0.480 e. The zero-order chi connectivity index (χ0) is 12.1. The fourth-order valence-electron chi connectivity index (χ4n) is 1.28. The fraction of sp³-hybridized carbons (Fsp3) is 0.364. The molecule has 1 aromatic rings. The second-order valence-corrected chi connectivity index (χ2v) is 4.07. The predicted octanol–water partition coefficient (Wildman–Crippen LogP) is 1.40. The molecule has 0 bridgehead atoms. The summed E-state index contributed by atoms with van der Waals surface area (Å²) >= 11 is 5.86. The van der Waals surface area contributed by atoms with Crippen LogP contribution in [0.3, 0.4) is 0 Å². The van der Waals surface area contributed by atoms with Crippen LogP contribution in [0.4, 0.5) is 0 Å². The molecule has 4 N–H and O–H groups in total. The largest absolute Gasteiger partial charge is 0.480 e. The van der Waals surface area contributed by atoms with E-state index in [-0.39, 0.29) is 12.6 Å². The number of halogens is 1. The molecule has 0 saturated heterocycles. The van der Waals surface area contributed by atoms with Gasteiger partial charge in [-0.2, -0.15) is 0 Å². The Morgan fingerprint density at radius 1 is 1.62 bits per heavy atom. The first-order valence-corrected chi connectivity index (χ1v) is 5.35. The molecule has 0 aliphatic carbocycles. The van der Waals surface area contributed by atoms with E-state index in [4.69, 9.17) is 22.4 Å². The second-order valence-electron chi connectivity index (χ2n) is 3.63. The second kappa shape index (κ2) is 5.84. The number of carbonyl (C=O) groups is 1. The van der Waals surface area contributed by atoms with Gasteiger partial charge in [0.15, 0.2) is 0 Å². The van der Waals surface area contributed by atoms with Crippen molar-refractivity contribution in [3.63, 3.8) is 0 Å². The van der Waals surface area contributed by atoms with Gasteiger partial charge in [0, 0.05) is 17.6 Å². The van der Waals surface area contributed by atoms with E-state index in [1.54, 1.807) is 6.07 Å². The summed E-state index contributed by atoms with van der Waals surface area (Å²) in [5, 5.41) is 12.3. The summed E-state index contributed by atoms with van der Waals surface area (Å²) in [6, 6.07) is 6.54. The molecule has 0 spiro atoms. The molecule has 5 heteroatoms. The number of nitrogens with one attached hydrogen (secondary N) is 1.